The minimum Gasteiger partial charge on any atom is -0.367 e. The van der Waals surface area contributed by atoms with Crippen molar-refractivity contribution in [2.45, 2.75) is 12.7 Å². The summed E-state index contributed by atoms with van der Waals surface area (Å²) in [5, 5.41) is 6.21. The van der Waals surface area contributed by atoms with Crippen LogP contribution < -0.4 is 21.1 Å². The molecule has 1 aliphatic heterocycles. The van der Waals surface area contributed by atoms with E-state index in [1.54, 1.807) is 12.1 Å². The Morgan fingerprint density at radius 3 is 2.56 bits per heavy atom. The van der Waals surface area contributed by atoms with Crippen LogP contribution in [0.2, 0.25) is 0 Å². The molecule has 0 bridgehead atoms. The molecular formula is C26H22F4N10O. The summed E-state index contributed by atoms with van der Waals surface area (Å²) < 4.78 is 57.8. The predicted octanol–water partition coefficient (Wildman–Crippen LogP) is 3.29. The van der Waals surface area contributed by atoms with E-state index in [2.05, 4.69) is 35.6 Å². The van der Waals surface area contributed by atoms with E-state index in [0.29, 0.717) is 34.8 Å². The number of piperazine rings is 1. The molecule has 5 aromatic rings. The van der Waals surface area contributed by atoms with Crippen LogP contribution >= 0.6 is 0 Å². The number of pyridine rings is 1. The van der Waals surface area contributed by atoms with Crippen molar-refractivity contribution in [2.75, 3.05) is 36.4 Å². The Balaban J connectivity index is 1.39. The molecule has 0 amide bonds. The van der Waals surface area contributed by atoms with Gasteiger partial charge in [0.2, 0.25) is 5.95 Å². The molecule has 210 valence electrons. The Kier molecular flexibility index (Phi) is 6.78. The van der Waals surface area contributed by atoms with Crippen LogP contribution in [0, 0.1) is 5.82 Å². The maximum absolute atomic E-state index is 14.9. The van der Waals surface area contributed by atoms with Crippen molar-refractivity contribution in [2.24, 2.45) is 0 Å². The molecule has 11 nitrogen and oxygen atoms in total. The lowest BCUT2D eigenvalue weighted by atomic mass is 10.2. The third-order valence-corrected chi connectivity index (χ3v) is 6.50. The van der Waals surface area contributed by atoms with Crippen LogP contribution in [0.3, 0.4) is 0 Å². The van der Waals surface area contributed by atoms with Crippen molar-refractivity contribution >= 4 is 28.4 Å². The van der Waals surface area contributed by atoms with Crippen molar-refractivity contribution < 1.29 is 17.6 Å². The van der Waals surface area contributed by atoms with Gasteiger partial charge in [-0.2, -0.15) is 18.2 Å². The molecule has 0 spiro atoms. The maximum Gasteiger partial charge on any atom is 0.406 e. The van der Waals surface area contributed by atoms with Gasteiger partial charge in [0.15, 0.2) is 11.6 Å². The number of anilines is 3. The smallest absolute Gasteiger partial charge is 0.367 e. The number of fused-ring (bicyclic) bond motifs is 1. The average molecular weight is 567 g/mol. The largest absolute Gasteiger partial charge is 0.406 e. The zero-order valence-electron chi connectivity index (χ0n) is 21.3. The van der Waals surface area contributed by atoms with Crippen LogP contribution in [0.1, 0.15) is 0 Å². The second kappa shape index (κ2) is 10.6. The molecule has 0 aliphatic carbocycles. The Hall–Kier alpha value is -4.92. The molecule has 4 aromatic heterocycles. The summed E-state index contributed by atoms with van der Waals surface area (Å²) in [6, 6.07) is 5.90. The molecule has 1 aliphatic rings. The first-order valence-electron chi connectivity index (χ1n) is 12.6. The number of benzene rings is 1. The lowest BCUT2D eigenvalue weighted by molar-refractivity contribution is -0.140. The topological polar surface area (TPSA) is 119 Å². The molecule has 41 heavy (non-hydrogen) atoms. The van der Waals surface area contributed by atoms with Gasteiger partial charge in [-0.1, -0.05) is 0 Å². The molecule has 15 heteroatoms. The van der Waals surface area contributed by atoms with Crippen molar-refractivity contribution in [3.05, 3.63) is 77.6 Å². The fourth-order valence-corrected chi connectivity index (χ4v) is 4.68. The minimum absolute atomic E-state index is 0.0792. The number of halogens is 4. The van der Waals surface area contributed by atoms with E-state index < -0.39 is 24.1 Å². The normalized spacial score (nSPS) is 14.0. The van der Waals surface area contributed by atoms with E-state index in [1.165, 1.54) is 53.9 Å². The van der Waals surface area contributed by atoms with Gasteiger partial charge in [0, 0.05) is 68.2 Å². The van der Waals surface area contributed by atoms with Gasteiger partial charge in [-0.3, -0.25) is 18.9 Å². The molecule has 5 heterocycles. The quantitative estimate of drug-likeness (QED) is 0.299. The van der Waals surface area contributed by atoms with Gasteiger partial charge in [0.25, 0.3) is 5.56 Å². The van der Waals surface area contributed by atoms with Gasteiger partial charge in [0.05, 0.1) is 17.4 Å². The van der Waals surface area contributed by atoms with Crippen LogP contribution in [0.5, 0.6) is 0 Å². The maximum atomic E-state index is 14.9. The SMILES string of the molecule is O=c1c(-c2nccn2-c2cnccn2)cc2cnc(Nc3ccc(N4CCNCC4)c(F)c3)nc2n1CC(F)(F)F. The van der Waals surface area contributed by atoms with Crippen LogP contribution in [-0.2, 0) is 6.54 Å². The number of nitrogens with zero attached hydrogens (tertiary/aromatic N) is 8. The van der Waals surface area contributed by atoms with E-state index >= 15 is 0 Å². The van der Waals surface area contributed by atoms with Gasteiger partial charge < -0.3 is 15.5 Å². The third-order valence-electron chi connectivity index (χ3n) is 6.50. The van der Waals surface area contributed by atoms with E-state index in [0.717, 1.165) is 13.1 Å². The highest BCUT2D eigenvalue weighted by molar-refractivity contribution is 5.81. The number of hydrogen-bond donors (Lipinski definition) is 2. The second-order valence-electron chi connectivity index (χ2n) is 9.25. The predicted molar refractivity (Wildman–Crippen MR) is 143 cm³/mol. The zero-order valence-corrected chi connectivity index (χ0v) is 21.3. The van der Waals surface area contributed by atoms with Crippen LogP contribution in [0.15, 0.2) is 66.2 Å². The van der Waals surface area contributed by atoms with E-state index in [9.17, 15) is 22.4 Å². The van der Waals surface area contributed by atoms with Gasteiger partial charge in [0.1, 0.15) is 18.0 Å². The van der Waals surface area contributed by atoms with E-state index in [1.807, 2.05) is 4.90 Å². The molecular weight excluding hydrogens is 544 g/mol. The summed E-state index contributed by atoms with van der Waals surface area (Å²) in [5.41, 5.74) is -0.561. The van der Waals surface area contributed by atoms with Crippen LogP contribution in [-0.4, -0.2) is 66.4 Å². The highest BCUT2D eigenvalue weighted by atomic mass is 19.4. The fraction of sp³-hybridized carbons (Fsp3) is 0.231. The minimum atomic E-state index is -4.73. The number of nitrogens with one attached hydrogen (secondary N) is 2. The summed E-state index contributed by atoms with van der Waals surface area (Å²) in [7, 11) is 0. The third kappa shape index (κ3) is 5.43. The number of rotatable bonds is 6. The van der Waals surface area contributed by atoms with Gasteiger partial charge in [-0.05, 0) is 24.3 Å². The number of alkyl halides is 3. The summed E-state index contributed by atoms with van der Waals surface area (Å²) in [5.74, 6) is -0.158. The lowest BCUT2D eigenvalue weighted by Crippen LogP contribution is -2.43. The summed E-state index contributed by atoms with van der Waals surface area (Å²) in [4.78, 5) is 36.2. The Labute approximate surface area is 229 Å². The van der Waals surface area contributed by atoms with E-state index in [4.69, 9.17) is 0 Å². The Bertz CT molecular complexity index is 1760. The Morgan fingerprint density at radius 1 is 1.00 bits per heavy atom. The molecule has 0 saturated carbocycles. The summed E-state index contributed by atoms with van der Waals surface area (Å²) in [6.07, 6.45) is 3.82. The molecule has 1 saturated heterocycles. The van der Waals surface area contributed by atoms with Crippen molar-refractivity contribution in [1.82, 2.24) is 39.4 Å². The molecule has 1 aromatic carbocycles. The highest BCUT2D eigenvalue weighted by Gasteiger charge is 2.31. The summed E-state index contributed by atoms with van der Waals surface area (Å²) in [6.45, 7) is 1.22. The van der Waals surface area contributed by atoms with Crippen LogP contribution in [0.4, 0.5) is 34.9 Å². The average Bonchev–Trinajstić information content (AvgIpc) is 3.45. The molecule has 0 unspecified atom stereocenters. The Morgan fingerprint density at radius 2 is 1.83 bits per heavy atom. The lowest BCUT2D eigenvalue weighted by Gasteiger charge is -2.29. The highest BCUT2D eigenvalue weighted by Crippen LogP contribution is 2.27. The number of imidazole rings is 1. The molecule has 2 N–H and O–H groups in total. The van der Waals surface area contributed by atoms with Crippen molar-refractivity contribution in [3.8, 4) is 17.2 Å². The van der Waals surface area contributed by atoms with Crippen molar-refractivity contribution in [1.29, 1.82) is 0 Å². The monoisotopic (exact) mass is 566 g/mol. The van der Waals surface area contributed by atoms with Crippen LogP contribution in [0.25, 0.3) is 28.2 Å². The molecule has 1 fully saturated rings. The standard InChI is InChI=1S/C26H22F4N10O/c27-19-12-17(1-2-20(19)38-8-5-31-6-9-38)36-25-35-13-16-11-18(24(41)40(22(16)37-25)15-26(28,29)30)23-34-7-10-39(23)21-14-32-3-4-33-21/h1-4,7,10-14,31H,5-6,8-9,15H2,(H,35,36,37). The van der Waals surface area contributed by atoms with E-state index in [-0.39, 0.29) is 28.4 Å². The first kappa shape index (κ1) is 26.3. The summed E-state index contributed by atoms with van der Waals surface area (Å²) >= 11 is 0. The number of hydrogen-bond acceptors (Lipinski definition) is 9. The van der Waals surface area contributed by atoms with Crippen molar-refractivity contribution in [3.63, 3.8) is 0 Å². The molecule has 0 atom stereocenters. The molecule has 6 rings (SSSR count). The molecule has 0 radical (unpaired) electrons. The first-order valence-corrected chi connectivity index (χ1v) is 12.6. The van der Waals surface area contributed by atoms with Gasteiger partial charge >= 0.3 is 6.18 Å². The first-order chi connectivity index (χ1) is 19.8. The second-order valence-corrected chi connectivity index (χ2v) is 9.25. The van der Waals surface area contributed by atoms with Gasteiger partial charge in [-0.25, -0.2) is 19.3 Å². The zero-order chi connectivity index (χ0) is 28.6. The number of aromatic nitrogens is 7. The van der Waals surface area contributed by atoms with Gasteiger partial charge in [-0.15, -0.1) is 0 Å². The fourth-order valence-electron chi connectivity index (χ4n) is 4.68.